The Morgan fingerprint density at radius 2 is 2.00 bits per heavy atom. The zero-order chi connectivity index (χ0) is 12.0. The van der Waals surface area contributed by atoms with E-state index in [1.165, 1.54) is 0 Å². The van der Waals surface area contributed by atoms with Gasteiger partial charge in [0.05, 0.1) is 17.8 Å². The van der Waals surface area contributed by atoms with Gasteiger partial charge in [0, 0.05) is 11.3 Å². The van der Waals surface area contributed by atoms with E-state index >= 15 is 0 Å². The molecule has 2 aromatic rings. The minimum absolute atomic E-state index is 0.0506. The number of hydrogen-bond donors (Lipinski definition) is 2. The lowest BCUT2D eigenvalue weighted by molar-refractivity contribution is -0.115. The average Bonchev–Trinajstić information content (AvgIpc) is 2.53. The average molecular weight is 226 g/mol. The first-order valence-corrected chi connectivity index (χ1v) is 5.73. The second-order valence-electron chi connectivity index (χ2n) is 4.63. The third kappa shape index (κ3) is 1.64. The quantitative estimate of drug-likeness (QED) is 0.712. The molecular formula is C14H14N2O. The standard InChI is InChI=1S/C14H14N2O/c1-8-3-4-11-12(5-8)16-13(17)7-10-6-9(2)15-14(10)11/h3-6,15H,7H2,1-2H3,(H,16,17). The maximum absolute atomic E-state index is 11.8. The monoisotopic (exact) mass is 226 g/mol. The number of amides is 1. The van der Waals surface area contributed by atoms with E-state index in [2.05, 4.69) is 22.4 Å². The number of rotatable bonds is 0. The van der Waals surface area contributed by atoms with E-state index in [1.54, 1.807) is 0 Å². The van der Waals surface area contributed by atoms with E-state index in [0.29, 0.717) is 6.42 Å². The first-order valence-electron chi connectivity index (χ1n) is 5.73. The molecular weight excluding hydrogens is 212 g/mol. The molecule has 0 saturated carbocycles. The lowest BCUT2D eigenvalue weighted by Crippen LogP contribution is -2.12. The molecule has 0 radical (unpaired) electrons. The van der Waals surface area contributed by atoms with E-state index in [0.717, 1.165) is 33.8 Å². The molecule has 0 atom stereocenters. The number of aromatic nitrogens is 1. The number of carbonyl (C=O) groups is 1. The lowest BCUT2D eigenvalue weighted by atomic mass is 10.0. The molecule has 0 bridgehead atoms. The molecule has 1 aliphatic heterocycles. The number of H-pyrrole nitrogens is 1. The van der Waals surface area contributed by atoms with Gasteiger partial charge in [-0.15, -0.1) is 0 Å². The molecule has 86 valence electrons. The van der Waals surface area contributed by atoms with Crippen molar-refractivity contribution in [3.05, 3.63) is 41.1 Å². The Hall–Kier alpha value is -2.03. The van der Waals surface area contributed by atoms with Gasteiger partial charge in [-0.2, -0.15) is 0 Å². The van der Waals surface area contributed by atoms with Crippen molar-refractivity contribution in [2.45, 2.75) is 20.3 Å². The van der Waals surface area contributed by atoms with E-state index in [1.807, 2.05) is 26.0 Å². The highest BCUT2D eigenvalue weighted by Gasteiger charge is 2.20. The normalized spacial score (nSPS) is 13.6. The highest BCUT2D eigenvalue weighted by molar-refractivity contribution is 6.00. The minimum atomic E-state index is 0.0506. The maximum atomic E-state index is 11.8. The molecule has 3 rings (SSSR count). The van der Waals surface area contributed by atoms with Gasteiger partial charge in [-0.25, -0.2) is 0 Å². The van der Waals surface area contributed by atoms with Crippen molar-refractivity contribution in [1.82, 2.24) is 4.98 Å². The molecule has 0 aliphatic carbocycles. The van der Waals surface area contributed by atoms with Crippen molar-refractivity contribution in [3.63, 3.8) is 0 Å². The van der Waals surface area contributed by atoms with Gasteiger partial charge < -0.3 is 10.3 Å². The van der Waals surface area contributed by atoms with Crippen LogP contribution in [0.4, 0.5) is 5.69 Å². The summed E-state index contributed by atoms with van der Waals surface area (Å²) in [4.78, 5) is 15.1. The number of aromatic amines is 1. The smallest absolute Gasteiger partial charge is 0.228 e. The Morgan fingerprint density at radius 1 is 1.18 bits per heavy atom. The van der Waals surface area contributed by atoms with Crippen molar-refractivity contribution in [2.24, 2.45) is 0 Å². The van der Waals surface area contributed by atoms with Crippen LogP contribution in [0.5, 0.6) is 0 Å². The van der Waals surface area contributed by atoms with Gasteiger partial charge >= 0.3 is 0 Å². The SMILES string of the molecule is Cc1ccc2c(c1)NC(=O)Cc1cc(C)[nH]c1-2. The van der Waals surface area contributed by atoms with Crippen molar-refractivity contribution >= 4 is 11.6 Å². The van der Waals surface area contributed by atoms with Crippen molar-refractivity contribution in [1.29, 1.82) is 0 Å². The molecule has 2 heterocycles. The predicted octanol–water partition coefficient (Wildman–Crippen LogP) is 2.79. The van der Waals surface area contributed by atoms with Gasteiger partial charge in [-0.1, -0.05) is 12.1 Å². The van der Waals surface area contributed by atoms with E-state index < -0.39 is 0 Å². The first kappa shape index (κ1) is 10.1. The van der Waals surface area contributed by atoms with Crippen LogP contribution in [0.3, 0.4) is 0 Å². The summed E-state index contributed by atoms with van der Waals surface area (Å²) in [7, 11) is 0. The Labute approximate surface area is 99.9 Å². The number of anilines is 1. The Kier molecular flexibility index (Phi) is 2.08. The number of fused-ring (bicyclic) bond motifs is 3. The highest BCUT2D eigenvalue weighted by atomic mass is 16.1. The summed E-state index contributed by atoms with van der Waals surface area (Å²) in [6.07, 6.45) is 0.438. The van der Waals surface area contributed by atoms with Crippen LogP contribution in [-0.2, 0) is 11.2 Å². The summed E-state index contributed by atoms with van der Waals surface area (Å²) in [6, 6.07) is 8.18. The maximum Gasteiger partial charge on any atom is 0.228 e. The Balaban J connectivity index is 2.28. The first-order chi connectivity index (χ1) is 8.13. The van der Waals surface area contributed by atoms with Crippen LogP contribution in [0, 0.1) is 13.8 Å². The molecule has 1 aromatic heterocycles. The summed E-state index contributed by atoms with van der Waals surface area (Å²) in [5.74, 6) is 0.0506. The fourth-order valence-electron chi connectivity index (χ4n) is 2.37. The summed E-state index contributed by atoms with van der Waals surface area (Å²) in [5.41, 5.74) is 6.35. The molecule has 1 amide bonds. The minimum Gasteiger partial charge on any atom is -0.358 e. The van der Waals surface area contributed by atoms with Gasteiger partial charge in [-0.3, -0.25) is 4.79 Å². The Morgan fingerprint density at radius 3 is 2.82 bits per heavy atom. The van der Waals surface area contributed by atoms with Crippen LogP contribution < -0.4 is 5.32 Å². The Bertz CT molecular complexity index is 611. The molecule has 3 heteroatoms. The van der Waals surface area contributed by atoms with Crippen LogP contribution in [0.15, 0.2) is 24.3 Å². The molecule has 17 heavy (non-hydrogen) atoms. The number of nitrogens with one attached hydrogen (secondary N) is 2. The molecule has 0 fully saturated rings. The van der Waals surface area contributed by atoms with Gasteiger partial charge in [-0.05, 0) is 37.1 Å². The van der Waals surface area contributed by atoms with Crippen LogP contribution in [0.1, 0.15) is 16.8 Å². The third-order valence-electron chi connectivity index (χ3n) is 3.10. The number of aryl methyl sites for hydroxylation is 2. The summed E-state index contributed by atoms with van der Waals surface area (Å²) in [6.45, 7) is 4.04. The zero-order valence-corrected chi connectivity index (χ0v) is 9.92. The number of carbonyl (C=O) groups excluding carboxylic acids is 1. The predicted molar refractivity (Wildman–Crippen MR) is 68.0 cm³/mol. The number of benzene rings is 1. The topological polar surface area (TPSA) is 44.9 Å². The summed E-state index contributed by atoms with van der Waals surface area (Å²) in [5, 5.41) is 2.96. The third-order valence-corrected chi connectivity index (χ3v) is 3.10. The van der Waals surface area contributed by atoms with Crippen molar-refractivity contribution < 1.29 is 4.79 Å². The fourth-order valence-corrected chi connectivity index (χ4v) is 2.37. The van der Waals surface area contributed by atoms with Crippen molar-refractivity contribution in [3.8, 4) is 11.3 Å². The van der Waals surface area contributed by atoms with Crippen molar-refractivity contribution in [2.75, 3.05) is 5.32 Å². The fraction of sp³-hybridized carbons (Fsp3) is 0.214. The molecule has 3 nitrogen and oxygen atoms in total. The molecule has 0 saturated heterocycles. The van der Waals surface area contributed by atoms with Gasteiger partial charge in [0.1, 0.15) is 0 Å². The lowest BCUT2D eigenvalue weighted by Gasteiger charge is -2.07. The summed E-state index contributed by atoms with van der Waals surface area (Å²) >= 11 is 0. The van der Waals surface area contributed by atoms with Crippen LogP contribution in [0.25, 0.3) is 11.3 Å². The van der Waals surface area contributed by atoms with Crippen LogP contribution >= 0.6 is 0 Å². The molecule has 1 aliphatic rings. The second-order valence-corrected chi connectivity index (χ2v) is 4.63. The molecule has 1 aromatic carbocycles. The molecule has 2 N–H and O–H groups in total. The van der Waals surface area contributed by atoms with E-state index in [4.69, 9.17) is 0 Å². The number of hydrogen-bond acceptors (Lipinski definition) is 1. The van der Waals surface area contributed by atoms with E-state index in [-0.39, 0.29) is 5.91 Å². The van der Waals surface area contributed by atoms with Crippen LogP contribution in [0.2, 0.25) is 0 Å². The van der Waals surface area contributed by atoms with Gasteiger partial charge in [0.2, 0.25) is 5.91 Å². The van der Waals surface area contributed by atoms with Gasteiger partial charge in [0.15, 0.2) is 0 Å². The van der Waals surface area contributed by atoms with Gasteiger partial charge in [0.25, 0.3) is 0 Å². The second kappa shape index (κ2) is 3.48. The zero-order valence-electron chi connectivity index (χ0n) is 9.92. The largest absolute Gasteiger partial charge is 0.358 e. The molecule has 0 unspecified atom stereocenters. The summed E-state index contributed by atoms with van der Waals surface area (Å²) < 4.78 is 0. The highest BCUT2D eigenvalue weighted by Crippen LogP contribution is 2.34. The molecule has 0 spiro atoms. The van der Waals surface area contributed by atoms with Crippen LogP contribution in [-0.4, -0.2) is 10.9 Å². The van der Waals surface area contributed by atoms with E-state index in [9.17, 15) is 4.79 Å².